The van der Waals surface area contributed by atoms with Gasteiger partial charge in [0.05, 0.1) is 31.8 Å². The number of esters is 1. The summed E-state index contributed by atoms with van der Waals surface area (Å²) in [7, 11) is 1.31. The summed E-state index contributed by atoms with van der Waals surface area (Å²) >= 11 is 1.15. The van der Waals surface area contributed by atoms with Crippen LogP contribution >= 0.6 is 11.3 Å². The number of H-pyrrole nitrogens is 1. The highest BCUT2D eigenvalue weighted by atomic mass is 32.1. The van der Waals surface area contributed by atoms with Crippen molar-refractivity contribution in [3.05, 3.63) is 81.1 Å². The van der Waals surface area contributed by atoms with Gasteiger partial charge in [-0.15, -0.1) is 11.3 Å². The maximum Gasteiger partial charge on any atom is 0.348 e. The number of aliphatic hydroxyl groups excluding tert-OH is 1. The Bertz CT molecular complexity index is 1320. The first kappa shape index (κ1) is 24.6. The zero-order valence-corrected chi connectivity index (χ0v) is 20.3. The van der Waals surface area contributed by atoms with Crippen LogP contribution in [-0.2, 0) is 24.2 Å². The number of hydrogen-bond acceptors (Lipinski definition) is 9. The van der Waals surface area contributed by atoms with Crippen molar-refractivity contribution in [2.24, 2.45) is 0 Å². The van der Waals surface area contributed by atoms with E-state index in [2.05, 4.69) is 9.97 Å². The number of nitrogens with zero attached hydrogens (tertiary/aromatic N) is 2. The van der Waals surface area contributed by atoms with Gasteiger partial charge in [0.15, 0.2) is 0 Å². The number of aliphatic hydroxyl groups is 1. The van der Waals surface area contributed by atoms with Crippen LogP contribution in [0.2, 0.25) is 0 Å². The molecule has 4 aromatic rings. The average molecular weight is 498 g/mol. The van der Waals surface area contributed by atoms with Gasteiger partial charge in [0, 0.05) is 6.54 Å². The second kappa shape index (κ2) is 11.3. The summed E-state index contributed by atoms with van der Waals surface area (Å²) < 4.78 is 16.0. The van der Waals surface area contributed by atoms with Crippen molar-refractivity contribution in [3.63, 3.8) is 0 Å². The fraction of sp³-hybridized carbons (Fsp3) is 0.320. The molecule has 0 unspecified atom stereocenters. The van der Waals surface area contributed by atoms with Crippen LogP contribution < -0.4 is 10.3 Å². The van der Waals surface area contributed by atoms with Crippen molar-refractivity contribution in [1.82, 2.24) is 14.9 Å². The van der Waals surface area contributed by atoms with E-state index in [1.807, 2.05) is 48.2 Å². The number of aromatic amines is 1. The van der Waals surface area contributed by atoms with Gasteiger partial charge in [-0.1, -0.05) is 25.1 Å². The van der Waals surface area contributed by atoms with Crippen LogP contribution in [0.1, 0.15) is 33.7 Å². The first-order valence-corrected chi connectivity index (χ1v) is 12.0. The van der Waals surface area contributed by atoms with E-state index in [4.69, 9.17) is 13.9 Å². The molecule has 3 aromatic heterocycles. The third-order valence-corrected chi connectivity index (χ3v) is 6.53. The molecule has 0 spiro atoms. The first-order valence-electron chi connectivity index (χ1n) is 11.2. The molecule has 1 aromatic carbocycles. The zero-order valence-electron chi connectivity index (χ0n) is 19.5. The number of nitrogens with one attached hydrogen (secondary N) is 1. The Hall–Kier alpha value is -3.47. The fourth-order valence-electron chi connectivity index (χ4n) is 3.86. The summed E-state index contributed by atoms with van der Waals surface area (Å²) in [6.07, 6.45) is 1.30. The lowest BCUT2D eigenvalue weighted by Crippen LogP contribution is -2.35. The number of carbonyl (C=O) groups is 1. The molecule has 184 valence electrons. The number of aryl methyl sites for hydroxylation is 1. The predicted molar refractivity (Wildman–Crippen MR) is 132 cm³/mol. The minimum atomic E-state index is -0.792. The highest BCUT2D eigenvalue weighted by molar-refractivity contribution is 7.20. The molecule has 0 saturated carbocycles. The first-order chi connectivity index (χ1) is 17.0. The molecule has 4 rings (SSSR count). The molecule has 0 radical (unpaired) electrons. The molecule has 1 atom stereocenters. The van der Waals surface area contributed by atoms with Crippen LogP contribution in [0.15, 0.2) is 57.9 Å². The number of benzene rings is 1. The number of para-hydroxylation sites is 1. The van der Waals surface area contributed by atoms with E-state index in [9.17, 15) is 14.7 Å². The minimum Gasteiger partial charge on any atom is -0.491 e. The second-order valence-corrected chi connectivity index (χ2v) is 8.97. The van der Waals surface area contributed by atoms with Crippen molar-refractivity contribution < 1.29 is 23.8 Å². The van der Waals surface area contributed by atoms with Crippen LogP contribution in [-0.4, -0.2) is 52.3 Å². The monoisotopic (exact) mass is 497 g/mol. The molecule has 35 heavy (non-hydrogen) atoms. The minimum absolute atomic E-state index is 0.106. The molecule has 2 N–H and O–H groups in total. The van der Waals surface area contributed by atoms with Crippen LogP contribution in [0.5, 0.6) is 5.75 Å². The zero-order chi connectivity index (χ0) is 24.8. The third-order valence-electron chi connectivity index (χ3n) is 5.42. The smallest absolute Gasteiger partial charge is 0.348 e. The Kier molecular flexibility index (Phi) is 7.96. The normalized spacial score (nSPS) is 12.2. The maximum absolute atomic E-state index is 12.9. The van der Waals surface area contributed by atoms with Gasteiger partial charge in [0.1, 0.15) is 39.8 Å². The third kappa shape index (κ3) is 5.97. The van der Waals surface area contributed by atoms with Crippen LogP contribution in [0.4, 0.5) is 0 Å². The largest absolute Gasteiger partial charge is 0.491 e. The molecule has 0 aliphatic heterocycles. The number of aromatic nitrogens is 2. The standard InChI is InChI=1S/C25H27N3O6S/c1-3-19-21-23(30)26-20(27-24(21)35-22(19)25(31)32-2)14-28(13-18-10-7-11-33-18)12-16(29)15-34-17-8-5-4-6-9-17/h4-11,16,29H,3,12-15H2,1-2H3,(H,26,27,30)/t16-/m0/s1. The van der Waals surface area contributed by atoms with Crippen LogP contribution in [0, 0.1) is 0 Å². The number of furan rings is 1. The van der Waals surface area contributed by atoms with Gasteiger partial charge in [-0.25, -0.2) is 9.78 Å². The Morgan fingerprint density at radius 1 is 1.23 bits per heavy atom. The summed E-state index contributed by atoms with van der Waals surface area (Å²) in [6, 6.07) is 12.9. The lowest BCUT2D eigenvalue weighted by molar-refractivity contribution is 0.0594. The van der Waals surface area contributed by atoms with E-state index >= 15 is 0 Å². The van der Waals surface area contributed by atoms with Gasteiger partial charge in [-0.2, -0.15) is 0 Å². The van der Waals surface area contributed by atoms with Crippen LogP contribution in [0.3, 0.4) is 0 Å². The Morgan fingerprint density at radius 2 is 2.03 bits per heavy atom. The van der Waals surface area contributed by atoms with Crippen molar-refractivity contribution in [2.45, 2.75) is 32.5 Å². The summed E-state index contributed by atoms with van der Waals surface area (Å²) in [5.41, 5.74) is 0.331. The molecule has 9 nitrogen and oxygen atoms in total. The number of methoxy groups -OCH3 is 1. The summed E-state index contributed by atoms with van der Waals surface area (Å²) in [4.78, 5) is 35.4. The highest BCUT2D eigenvalue weighted by Crippen LogP contribution is 2.29. The van der Waals surface area contributed by atoms with Crippen molar-refractivity contribution in [1.29, 1.82) is 0 Å². The molecule has 3 heterocycles. The number of hydrogen-bond donors (Lipinski definition) is 2. The topological polar surface area (TPSA) is 118 Å². The van der Waals surface area contributed by atoms with E-state index in [-0.39, 0.29) is 25.3 Å². The van der Waals surface area contributed by atoms with E-state index < -0.39 is 12.1 Å². The van der Waals surface area contributed by atoms with E-state index in [0.29, 0.717) is 51.0 Å². The van der Waals surface area contributed by atoms with E-state index in [1.165, 1.54) is 7.11 Å². The van der Waals surface area contributed by atoms with Gasteiger partial charge in [-0.05, 0) is 36.2 Å². The Balaban J connectivity index is 1.55. The number of rotatable bonds is 11. The van der Waals surface area contributed by atoms with Gasteiger partial charge in [0.25, 0.3) is 5.56 Å². The average Bonchev–Trinajstić information content (AvgIpc) is 3.50. The van der Waals surface area contributed by atoms with Crippen LogP contribution in [0.25, 0.3) is 10.2 Å². The summed E-state index contributed by atoms with van der Waals surface area (Å²) in [5, 5.41) is 11.0. The molecule has 0 bridgehead atoms. The molecule has 0 aliphatic rings. The fourth-order valence-corrected chi connectivity index (χ4v) is 5.06. The summed E-state index contributed by atoms with van der Waals surface area (Å²) in [5.74, 6) is 1.32. The quantitative estimate of drug-likeness (QED) is 0.303. The lowest BCUT2D eigenvalue weighted by atomic mass is 10.1. The van der Waals surface area contributed by atoms with Gasteiger partial charge in [-0.3, -0.25) is 9.69 Å². The van der Waals surface area contributed by atoms with Crippen molar-refractivity contribution in [3.8, 4) is 5.75 Å². The Morgan fingerprint density at radius 3 is 2.71 bits per heavy atom. The molecule has 0 saturated heterocycles. The molecule has 0 amide bonds. The predicted octanol–water partition coefficient (Wildman–Crippen LogP) is 3.37. The summed E-state index contributed by atoms with van der Waals surface area (Å²) in [6.45, 7) is 2.89. The molecule has 0 aliphatic carbocycles. The number of fused-ring (bicyclic) bond motifs is 1. The Labute approximate surface area is 205 Å². The SMILES string of the molecule is CCc1c(C(=O)OC)sc2nc(CN(Cc3ccco3)C[C@H](O)COc3ccccc3)[nH]c(=O)c12. The molecule has 10 heteroatoms. The maximum atomic E-state index is 12.9. The van der Waals surface area contributed by atoms with Gasteiger partial charge in [0.2, 0.25) is 0 Å². The molecular formula is C25H27N3O6S. The molecule has 0 fully saturated rings. The second-order valence-electron chi connectivity index (χ2n) is 7.97. The van der Waals surface area contributed by atoms with Gasteiger partial charge < -0.3 is 24.0 Å². The van der Waals surface area contributed by atoms with Crippen molar-refractivity contribution in [2.75, 3.05) is 20.3 Å². The van der Waals surface area contributed by atoms with E-state index in [0.717, 1.165) is 11.3 Å². The van der Waals surface area contributed by atoms with Gasteiger partial charge >= 0.3 is 5.97 Å². The number of thiophene rings is 1. The van der Waals surface area contributed by atoms with Crippen molar-refractivity contribution >= 4 is 27.5 Å². The lowest BCUT2D eigenvalue weighted by Gasteiger charge is -2.24. The molecular weight excluding hydrogens is 470 g/mol. The number of ether oxygens (including phenoxy) is 2. The highest BCUT2D eigenvalue weighted by Gasteiger charge is 2.22. The number of carbonyl (C=O) groups excluding carboxylic acids is 1. The van der Waals surface area contributed by atoms with E-state index in [1.54, 1.807) is 12.3 Å².